The number of carbonyl (C=O) groups is 1. The van der Waals surface area contributed by atoms with Crippen LogP contribution in [0.1, 0.15) is 21.8 Å². The SMILES string of the molecule is O=C(c1ccc(OCCCl)cc1)C(c1ccccc1)C(F)(F)F. The van der Waals surface area contributed by atoms with E-state index < -0.39 is 17.9 Å². The van der Waals surface area contributed by atoms with E-state index in [1.165, 1.54) is 48.5 Å². The maximum absolute atomic E-state index is 13.3. The fraction of sp³-hybridized carbons (Fsp3) is 0.235. The van der Waals surface area contributed by atoms with Crippen molar-refractivity contribution < 1.29 is 22.7 Å². The Morgan fingerprint density at radius 2 is 1.65 bits per heavy atom. The van der Waals surface area contributed by atoms with Crippen molar-refractivity contribution in [3.8, 4) is 5.75 Å². The van der Waals surface area contributed by atoms with Crippen molar-refractivity contribution in [1.82, 2.24) is 0 Å². The first kappa shape index (κ1) is 17.3. The predicted molar refractivity (Wildman–Crippen MR) is 82.2 cm³/mol. The lowest BCUT2D eigenvalue weighted by Gasteiger charge is -2.19. The summed E-state index contributed by atoms with van der Waals surface area (Å²) < 4.78 is 45.2. The Kier molecular flexibility index (Phi) is 5.66. The summed E-state index contributed by atoms with van der Waals surface area (Å²) in [5.74, 6) is -2.43. The van der Waals surface area contributed by atoms with E-state index in [2.05, 4.69) is 0 Å². The Morgan fingerprint density at radius 1 is 1.04 bits per heavy atom. The van der Waals surface area contributed by atoms with Crippen molar-refractivity contribution in [2.45, 2.75) is 12.1 Å². The van der Waals surface area contributed by atoms with Crippen LogP contribution in [0.4, 0.5) is 13.2 Å². The summed E-state index contributed by atoms with van der Waals surface area (Å²) in [5.41, 5.74) is -0.0955. The van der Waals surface area contributed by atoms with Crippen LogP contribution in [-0.4, -0.2) is 24.4 Å². The second kappa shape index (κ2) is 7.51. The zero-order chi connectivity index (χ0) is 16.9. The molecular weight excluding hydrogens is 329 g/mol. The smallest absolute Gasteiger partial charge is 0.402 e. The van der Waals surface area contributed by atoms with Gasteiger partial charge in [-0.25, -0.2) is 0 Å². The molecule has 0 radical (unpaired) electrons. The third-order valence-corrected chi connectivity index (χ3v) is 3.36. The molecule has 2 aromatic carbocycles. The molecule has 2 rings (SSSR count). The minimum absolute atomic E-state index is 0.0191. The van der Waals surface area contributed by atoms with Crippen molar-refractivity contribution in [2.24, 2.45) is 0 Å². The van der Waals surface area contributed by atoms with Crippen molar-refractivity contribution in [3.05, 3.63) is 65.7 Å². The molecule has 122 valence electrons. The first-order chi connectivity index (χ1) is 10.9. The molecule has 0 bridgehead atoms. The van der Waals surface area contributed by atoms with Gasteiger partial charge in [0.2, 0.25) is 0 Å². The quantitative estimate of drug-likeness (QED) is 0.555. The van der Waals surface area contributed by atoms with Crippen LogP contribution >= 0.6 is 11.6 Å². The van der Waals surface area contributed by atoms with Gasteiger partial charge in [-0.2, -0.15) is 13.2 Å². The minimum atomic E-state index is -4.66. The normalized spacial score (nSPS) is 12.7. The van der Waals surface area contributed by atoms with Crippen molar-refractivity contribution >= 4 is 17.4 Å². The van der Waals surface area contributed by atoms with Crippen LogP contribution in [0.3, 0.4) is 0 Å². The van der Waals surface area contributed by atoms with Gasteiger partial charge in [0.05, 0.1) is 5.88 Å². The molecule has 2 nitrogen and oxygen atoms in total. The van der Waals surface area contributed by atoms with Crippen LogP contribution in [0.5, 0.6) is 5.75 Å². The van der Waals surface area contributed by atoms with E-state index in [9.17, 15) is 18.0 Å². The second-order valence-electron chi connectivity index (χ2n) is 4.81. The van der Waals surface area contributed by atoms with Crippen LogP contribution in [-0.2, 0) is 0 Å². The van der Waals surface area contributed by atoms with Gasteiger partial charge in [-0.15, -0.1) is 11.6 Å². The van der Waals surface area contributed by atoms with Crippen molar-refractivity contribution in [1.29, 1.82) is 0 Å². The molecule has 0 N–H and O–H groups in total. The van der Waals surface area contributed by atoms with Gasteiger partial charge in [-0.05, 0) is 29.8 Å². The topological polar surface area (TPSA) is 26.3 Å². The van der Waals surface area contributed by atoms with E-state index in [1.807, 2.05) is 0 Å². The van der Waals surface area contributed by atoms with Crippen LogP contribution in [0, 0.1) is 0 Å². The third-order valence-electron chi connectivity index (χ3n) is 3.21. The van der Waals surface area contributed by atoms with Gasteiger partial charge in [-0.1, -0.05) is 30.3 Å². The molecule has 0 aliphatic carbocycles. The van der Waals surface area contributed by atoms with E-state index in [0.717, 1.165) is 0 Å². The van der Waals surface area contributed by atoms with Crippen LogP contribution in [0.2, 0.25) is 0 Å². The highest BCUT2D eigenvalue weighted by molar-refractivity contribution is 6.18. The number of Topliss-reactive ketones (excluding diaryl/α,β-unsaturated/α-hetero) is 1. The maximum atomic E-state index is 13.3. The molecule has 23 heavy (non-hydrogen) atoms. The first-order valence-corrected chi connectivity index (χ1v) is 7.41. The fourth-order valence-electron chi connectivity index (χ4n) is 2.17. The van der Waals surface area contributed by atoms with Crippen LogP contribution in [0.15, 0.2) is 54.6 Å². The maximum Gasteiger partial charge on any atom is 0.402 e. The number of ether oxygens (including phenoxy) is 1. The highest BCUT2D eigenvalue weighted by Crippen LogP contribution is 2.37. The lowest BCUT2D eigenvalue weighted by Crippen LogP contribution is -2.28. The summed E-state index contributed by atoms with van der Waals surface area (Å²) in [6.07, 6.45) is -4.66. The molecule has 6 heteroatoms. The van der Waals surface area contributed by atoms with Gasteiger partial charge in [-0.3, -0.25) is 4.79 Å². The number of carbonyl (C=O) groups excluding carboxylic acids is 1. The third kappa shape index (κ3) is 4.48. The Labute approximate surface area is 136 Å². The van der Waals surface area contributed by atoms with E-state index in [1.54, 1.807) is 6.07 Å². The first-order valence-electron chi connectivity index (χ1n) is 6.88. The van der Waals surface area contributed by atoms with Gasteiger partial charge >= 0.3 is 6.18 Å². The molecule has 1 atom stereocenters. The molecule has 0 saturated carbocycles. The number of hydrogen-bond donors (Lipinski definition) is 0. The molecule has 2 aromatic rings. The molecule has 0 heterocycles. The van der Waals surface area contributed by atoms with Crippen molar-refractivity contribution in [3.63, 3.8) is 0 Å². The fourth-order valence-corrected chi connectivity index (χ4v) is 2.25. The zero-order valence-corrected chi connectivity index (χ0v) is 12.8. The summed E-state index contributed by atoms with van der Waals surface area (Å²) in [7, 11) is 0. The average molecular weight is 343 g/mol. The lowest BCUT2D eigenvalue weighted by molar-refractivity contribution is -0.139. The van der Waals surface area contributed by atoms with E-state index in [-0.39, 0.29) is 17.7 Å². The molecule has 0 aliphatic rings. The van der Waals surface area contributed by atoms with Gasteiger partial charge in [0.1, 0.15) is 18.3 Å². The van der Waals surface area contributed by atoms with E-state index in [4.69, 9.17) is 16.3 Å². The van der Waals surface area contributed by atoms with Gasteiger partial charge in [0.25, 0.3) is 0 Å². The van der Waals surface area contributed by atoms with Crippen LogP contribution in [0.25, 0.3) is 0 Å². The second-order valence-corrected chi connectivity index (χ2v) is 5.19. The lowest BCUT2D eigenvalue weighted by atomic mass is 9.90. The highest BCUT2D eigenvalue weighted by Gasteiger charge is 2.45. The molecule has 0 aliphatic heterocycles. The molecule has 0 saturated heterocycles. The summed E-state index contributed by atoms with van der Waals surface area (Å²) >= 11 is 5.49. The minimum Gasteiger partial charge on any atom is -0.492 e. The summed E-state index contributed by atoms with van der Waals surface area (Å²) in [6.45, 7) is 0.282. The van der Waals surface area contributed by atoms with Gasteiger partial charge in [0.15, 0.2) is 5.78 Å². The Balaban J connectivity index is 2.28. The standard InChI is InChI=1S/C17H14ClF3O2/c18-10-11-23-14-8-6-13(7-9-14)16(22)15(17(19,20)21)12-4-2-1-3-5-12/h1-9,15H,10-11H2. The van der Waals surface area contributed by atoms with Crippen LogP contribution < -0.4 is 4.74 Å². The van der Waals surface area contributed by atoms with Gasteiger partial charge < -0.3 is 4.74 Å². The van der Waals surface area contributed by atoms with Gasteiger partial charge in [0, 0.05) is 5.56 Å². The number of hydrogen-bond acceptors (Lipinski definition) is 2. The molecule has 1 unspecified atom stereocenters. The highest BCUT2D eigenvalue weighted by atomic mass is 35.5. The Bertz CT molecular complexity index is 639. The Morgan fingerprint density at radius 3 is 2.17 bits per heavy atom. The number of rotatable bonds is 6. The number of benzene rings is 2. The average Bonchev–Trinajstić information content (AvgIpc) is 2.53. The molecule has 0 spiro atoms. The number of alkyl halides is 4. The largest absolute Gasteiger partial charge is 0.492 e. The monoisotopic (exact) mass is 342 g/mol. The van der Waals surface area contributed by atoms with E-state index >= 15 is 0 Å². The molecule has 0 fully saturated rings. The summed E-state index contributed by atoms with van der Waals surface area (Å²) in [4.78, 5) is 12.3. The summed E-state index contributed by atoms with van der Waals surface area (Å²) in [6, 6.07) is 12.7. The van der Waals surface area contributed by atoms with Crippen molar-refractivity contribution in [2.75, 3.05) is 12.5 Å². The van der Waals surface area contributed by atoms with E-state index in [0.29, 0.717) is 11.6 Å². The zero-order valence-electron chi connectivity index (χ0n) is 12.0. The molecular formula is C17H14ClF3O2. The number of halogens is 4. The Hall–Kier alpha value is -2.01. The predicted octanol–water partition coefficient (Wildman–Crippen LogP) is 4.83. The molecule has 0 aromatic heterocycles. The summed E-state index contributed by atoms with van der Waals surface area (Å²) in [5, 5.41) is 0. The molecule has 0 amide bonds. The number of ketones is 1.